The molecule has 0 aliphatic carbocycles. The largest absolute Gasteiger partial charge is 0.398 e. The van der Waals surface area contributed by atoms with Crippen LogP contribution >= 0.6 is 15.9 Å². The molecular weight excluding hydrogens is 242 g/mol. The van der Waals surface area contributed by atoms with E-state index in [1.54, 1.807) is 6.20 Å². The lowest BCUT2D eigenvalue weighted by molar-refractivity contribution is 0.685. The topological polar surface area (TPSA) is 43.8 Å². The average Bonchev–Trinajstić information content (AvgIpc) is 2.66. The van der Waals surface area contributed by atoms with Crippen LogP contribution in [-0.2, 0) is 6.54 Å². The molecule has 3 nitrogen and oxygen atoms in total. The predicted octanol–water partition coefficient (Wildman–Crippen LogP) is 2.28. The van der Waals surface area contributed by atoms with Crippen LogP contribution < -0.4 is 5.73 Å². The average molecular weight is 252 g/mol. The Morgan fingerprint density at radius 3 is 2.93 bits per heavy atom. The van der Waals surface area contributed by atoms with Crippen molar-refractivity contribution >= 4 is 21.6 Å². The molecule has 2 N–H and O–H groups in total. The third kappa shape index (κ3) is 1.80. The molecule has 2 rings (SSSR count). The van der Waals surface area contributed by atoms with E-state index in [-0.39, 0.29) is 0 Å². The summed E-state index contributed by atoms with van der Waals surface area (Å²) in [6.45, 7) is 0.735. The molecule has 14 heavy (non-hydrogen) atoms. The van der Waals surface area contributed by atoms with Crippen molar-refractivity contribution in [2.75, 3.05) is 5.73 Å². The number of nitrogen functional groups attached to an aromatic ring is 1. The number of hydrogen-bond acceptors (Lipinski definition) is 2. The van der Waals surface area contributed by atoms with Crippen molar-refractivity contribution in [2.45, 2.75) is 6.54 Å². The first-order chi connectivity index (χ1) is 6.77. The van der Waals surface area contributed by atoms with Gasteiger partial charge in [-0.3, -0.25) is 4.68 Å². The highest BCUT2D eigenvalue weighted by Gasteiger charge is 2.03. The molecular formula is C10H10BrN3. The van der Waals surface area contributed by atoms with Crippen LogP contribution in [0.3, 0.4) is 0 Å². The fourth-order valence-corrected chi connectivity index (χ4v) is 1.68. The zero-order chi connectivity index (χ0) is 9.97. The highest BCUT2D eigenvalue weighted by Crippen LogP contribution is 2.24. The second-order valence-electron chi connectivity index (χ2n) is 3.02. The Kier molecular flexibility index (Phi) is 2.54. The minimum absolute atomic E-state index is 0.735. The lowest BCUT2D eigenvalue weighted by atomic mass is 10.2. The van der Waals surface area contributed by atoms with E-state index in [1.165, 1.54) is 0 Å². The maximum Gasteiger partial charge on any atom is 0.0671 e. The Hall–Kier alpha value is -1.29. The van der Waals surface area contributed by atoms with Crippen molar-refractivity contribution in [2.24, 2.45) is 0 Å². The number of nitrogens with zero attached hydrogens (tertiary/aromatic N) is 2. The minimum Gasteiger partial charge on any atom is -0.398 e. The highest BCUT2D eigenvalue weighted by molar-refractivity contribution is 9.10. The molecule has 72 valence electrons. The van der Waals surface area contributed by atoms with Crippen molar-refractivity contribution in [3.05, 3.63) is 46.7 Å². The normalized spacial score (nSPS) is 10.4. The molecule has 2 aromatic rings. The predicted molar refractivity (Wildman–Crippen MR) is 59.9 cm³/mol. The van der Waals surface area contributed by atoms with E-state index in [9.17, 15) is 0 Å². The first kappa shape index (κ1) is 9.27. The molecule has 0 fully saturated rings. The summed E-state index contributed by atoms with van der Waals surface area (Å²) in [6.07, 6.45) is 3.69. The van der Waals surface area contributed by atoms with Gasteiger partial charge in [-0.15, -0.1) is 0 Å². The molecule has 0 unspecified atom stereocenters. The van der Waals surface area contributed by atoms with Crippen LogP contribution in [0.5, 0.6) is 0 Å². The Morgan fingerprint density at radius 2 is 2.21 bits per heavy atom. The molecule has 0 radical (unpaired) electrons. The summed E-state index contributed by atoms with van der Waals surface area (Å²) < 4.78 is 2.81. The second-order valence-corrected chi connectivity index (χ2v) is 3.82. The van der Waals surface area contributed by atoms with Crippen LogP contribution in [0.25, 0.3) is 0 Å². The summed E-state index contributed by atoms with van der Waals surface area (Å²) >= 11 is 3.46. The standard InChI is InChI=1S/C10H10BrN3/c11-10-8(3-1-4-9(10)12)7-14-6-2-5-13-14/h1-6H,7,12H2. The van der Waals surface area contributed by atoms with Gasteiger partial charge in [0, 0.05) is 22.6 Å². The SMILES string of the molecule is Nc1cccc(Cn2cccn2)c1Br. The van der Waals surface area contributed by atoms with Gasteiger partial charge in [-0.2, -0.15) is 5.10 Å². The summed E-state index contributed by atoms with van der Waals surface area (Å²) in [5.41, 5.74) is 7.67. The van der Waals surface area contributed by atoms with E-state index in [1.807, 2.05) is 35.1 Å². The van der Waals surface area contributed by atoms with E-state index in [0.717, 1.165) is 22.3 Å². The Balaban J connectivity index is 2.29. The molecule has 1 aromatic carbocycles. The number of hydrogen-bond donors (Lipinski definition) is 1. The number of benzene rings is 1. The fourth-order valence-electron chi connectivity index (χ4n) is 1.29. The Morgan fingerprint density at radius 1 is 1.36 bits per heavy atom. The number of rotatable bonds is 2. The monoisotopic (exact) mass is 251 g/mol. The van der Waals surface area contributed by atoms with Crippen LogP contribution in [0, 0.1) is 0 Å². The maximum atomic E-state index is 5.77. The van der Waals surface area contributed by atoms with E-state index in [0.29, 0.717) is 0 Å². The highest BCUT2D eigenvalue weighted by atomic mass is 79.9. The number of aromatic nitrogens is 2. The van der Waals surface area contributed by atoms with Gasteiger partial charge in [0.2, 0.25) is 0 Å². The second kappa shape index (κ2) is 3.84. The lowest BCUT2D eigenvalue weighted by Crippen LogP contribution is -2.01. The van der Waals surface area contributed by atoms with Crippen LogP contribution in [0.1, 0.15) is 5.56 Å². The molecule has 0 saturated carbocycles. The van der Waals surface area contributed by atoms with Gasteiger partial charge in [0.25, 0.3) is 0 Å². The number of halogens is 1. The van der Waals surface area contributed by atoms with Crippen molar-refractivity contribution in [3.8, 4) is 0 Å². The van der Waals surface area contributed by atoms with Crippen molar-refractivity contribution in [1.29, 1.82) is 0 Å². The minimum atomic E-state index is 0.735. The quantitative estimate of drug-likeness (QED) is 0.833. The molecule has 0 aliphatic rings. The fraction of sp³-hybridized carbons (Fsp3) is 0.100. The molecule has 1 aromatic heterocycles. The summed E-state index contributed by atoms with van der Waals surface area (Å²) in [5.74, 6) is 0. The van der Waals surface area contributed by atoms with Gasteiger partial charge in [0.1, 0.15) is 0 Å². The molecule has 0 amide bonds. The van der Waals surface area contributed by atoms with Gasteiger partial charge in [-0.05, 0) is 33.6 Å². The summed E-state index contributed by atoms with van der Waals surface area (Å²) in [7, 11) is 0. The molecule has 1 heterocycles. The third-order valence-electron chi connectivity index (χ3n) is 2.00. The van der Waals surface area contributed by atoms with Crippen LogP contribution in [0.2, 0.25) is 0 Å². The smallest absolute Gasteiger partial charge is 0.0671 e. The lowest BCUT2D eigenvalue weighted by Gasteiger charge is -2.06. The van der Waals surface area contributed by atoms with Crippen molar-refractivity contribution < 1.29 is 0 Å². The van der Waals surface area contributed by atoms with Gasteiger partial charge < -0.3 is 5.73 Å². The summed E-state index contributed by atoms with van der Waals surface area (Å²) in [6, 6.07) is 7.75. The number of nitrogens with two attached hydrogens (primary N) is 1. The molecule has 0 aliphatic heterocycles. The van der Waals surface area contributed by atoms with Crippen LogP contribution in [0.15, 0.2) is 41.1 Å². The molecule has 0 atom stereocenters. The van der Waals surface area contributed by atoms with Gasteiger partial charge in [0.15, 0.2) is 0 Å². The first-order valence-corrected chi connectivity index (χ1v) is 5.07. The van der Waals surface area contributed by atoms with Crippen molar-refractivity contribution in [1.82, 2.24) is 9.78 Å². The van der Waals surface area contributed by atoms with Crippen LogP contribution in [0.4, 0.5) is 5.69 Å². The van der Waals surface area contributed by atoms with E-state index >= 15 is 0 Å². The summed E-state index contributed by atoms with van der Waals surface area (Å²) in [5, 5.41) is 4.14. The zero-order valence-corrected chi connectivity index (χ0v) is 9.11. The Labute approximate surface area is 90.7 Å². The molecule has 0 spiro atoms. The van der Waals surface area contributed by atoms with Gasteiger partial charge in [-0.1, -0.05) is 12.1 Å². The molecule has 0 bridgehead atoms. The van der Waals surface area contributed by atoms with Gasteiger partial charge in [-0.25, -0.2) is 0 Å². The summed E-state index contributed by atoms with van der Waals surface area (Å²) in [4.78, 5) is 0. The number of anilines is 1. The molecule has 4 heteroatoms. The molecule has 0 saturated heterocycles. The van der Waals surface area contributed by atoms with E-state index in [2.05, 4.69) is 21.0 Å². The van der Waals surface area contributed by atoms with E-state index in [4.69, 9.17) is 5.73 Å². The third-order valence-corrected chi connectivity index (χ3v) is 2.97. The Bertz CT molecular complexity index is 423. The van der Waals surface area contributed by atoms with Crippen LogP contribution in [-0.4, -0.2) is 9.78 Å². The van der Waals surface area contributed by atoms with Gasteiger partial charge in [0.05, 0.1) is 6.54 Å². The van der Waals surface area contributed by atoms with Crippen molar-refractivity contribution in [3.63, 3.8) is 0 Å². The maximum absolute atomic E-state index is 5.77. The van der Waals surface area contributed by atoms with Gasteiger partial charge >= 0.3 is 0 Å². The zero-order valence-electron chi connectivity index (χ0n) is 7.52. The first-order valence-electron chi connectivity index (χ1n) is 4.27. The van der Waals surface area contributed by atoms with E-state index < -0.39 is 0 Å².